The summed E-state index contributed by atoms with van der Waals surface area (Å²) in [5.74, 6) is 0.0781. The summed E-state index contributed by atoms with van der Waals surface area (Å²) < 4.78 is 5.12. The van der Waals surface area contributed by atoms with Crippen LogP contribution in [0, 0.1) is 5.92 Å². The molecule has 0 aromatic rings. The Kier molecular flexibility index (Phi) is 7.44. The Morgan fingerprint density at radius 1 is 1.06 bits per heavy atom. The van der Waals surface area contributed by atoms with E-state index in [-0.39, 0.29) is 11.9 Å². The minimum atomic E-state index is -0.0121. The third-order valence-corrected chi connectivity index (χ3v) is 3.06. The predicted octanol–water partition coefficient (Wildman–Crippen LogP) is 4.02. The third-order valence-electron chi connectivity index (χ3n) is 3.06. The molecule has 0 radical (unpaired) electrons. The molecule has 0 fully saturated rings. The molecular weight excluding hydrogens is 212 g/mol. The molecule has 0 spiro atoms. The average molecular weight is 236 g/mol. The van der Waals surface area contributed by atoms with Crippen molar-refractivity contribution in [3.05, 3.63) is 24.3 Å². The van der Waals surface area contributed by atoms with Gasteiger partial charge in [0.1, 0.15) is 0 Å². The van der Waals surface area contributed by atoms with Gasteiger partial charge in [0, 0.05) is 0 Å². The Labute approximate surface area is 105 Å². The Hall–Kier alpha value is -1.05. The van der Waals surface area contributed by atoms with Crippen molar-refractivity contribution in [2.24, 2.45) is 5.92 Å². The number of hydrogen-bond donors (Lipinski definition) is 0. The molecule has 1 atom stereocenters. The van der Waals surface area contributed by atoms with Gasteiger partial charge in [-0.3, -0.25) is 4.79 Å². The van der Waals surface area contributed by atoms with E-state index in [4.69, 9.17) is 4.74 Å². The lowest BCUT2D eigenvalue weighted by molar-refractivity contribution is -0.148. The molecule has 1 aliphatic rings. The van der Waals surface area contributed by atoms with E-state index in [1.165, 1.54) is 0 Å². The first kappa shape index (κ1) is 14.0. The van der Waals surface area contributed by atoms with Crippen LogP contribution >= 0.6 is 0 Å². The Morgan fingerprint density at radius 2 is 1.71 bits per heavy atom. The molecule has 1 rings (SSSR count). The van der Waals surface area contributed by atoms with Gasteiger partial charge in [0.05, 0.1) is 12.5 Å². The van der Waals surface area contributed by atoms with Crippen LogP contribution in [-0.4, -0.2) is 12.6 Å². The number of ether oxygens (including phenoxy) is 1. The first-order valence-electron chi connectivity index (χ1n) is 6.81. The molecule has 0 N–H and O–H groups in total. The van der Waals surface area contributed by atoms with Crippen LogP contribution in [0.4, 0.5) is 0 Å². The third kappa shape index (κ3) is 6.30. The predicted molar refractivity (Wildman–Crippen MR) is 70.7 cm³/mol. The van der Waals surface area contributed by atoms with Crippen molar-refractivity contribution in [2.75, 3.05) is 6.61 Å². The van der Waals surface area contributed by atoms with Gasteiger partial charge >= 0.3 is 5.97 Å². The van der Waals surface area contributed by atoms with E-state index in [2.05, 4.69) is 24.3 Å². The molecule has 0 bridgehead atoms. The van der Waals surface area contributed by atoms with Gasteiger partial charge in [0.2, 0.25) is 0 Å². The van der Waals surface area contributed by atoms with Gasteiger partial charge in [-0.15, -0.1) is 0 Å². The lowest BCUT2D eigenvalue weighted by Crippen LogP contribution is -2.17. The lowest BCUT2D eigenvalue weighted by Gasteiger charge is -2.14. The van der Waals surface area contributed by atoms with E-state index in [9.17, 15) is 4.79 Å². The highest BCUT2D eigenvalue weighted by atomic mass is 16.5. The largest absolute Gasteiger partial charge is 0.466 e. The van der Waals surface area contributed by atoms with Gasteiger partial charge in [-0.1, -0.05) is 24.3 Å². The minimum absolute atomic E-state index is 0.0121. The van der Waals surface area contributed by atoms with E-state index in [0.717, 1.165) is 44.9 Å². The monoisotopic (exact) mass is 236 g/mol. The lowest BCUT2D eigenvalue weighted by atomic mass is 9.96. The summed E-state index contributed by atoms with van der Waals surface area (Å²) in [6.07, 6.45) is 16.2. The maximum absolute atomic E-state index is 11.8. The number of rotatable bonds is 2. The maximum atomic E-state index is 11.8. The fourth-order valence-corrected chi connectivity index (χ4v) is 2.08. The Bertz CT molecular complexity index is 266. The molecule has 0 aromatic carbocycles. The Morgan fingerprint density at radius 3 is 2.41 bits per heavy atom. The van der Waals surface area contributed by atoms with Crippen LogP contribution in [-0.2, 0) is 9.53 Å². The van der Waals surface area contributed by atoms with Crippen LogP contribution < -0.4 is 0 Å². The number of carbonyl (C=O) groups excluding carboxylic acids is 1. The molecule has 2 nitrogen and oxygen atoms in total. The molecule has 0 amide bonds. The molecule has 2 heteroatoms. The molecule has 1 aliphatic carbocycles. The smallest absolute Gasteiger partial charge is 0.308 e. The average Bonchev–Trinajstić information content (AvgIpc) is 2.30. The highest BCUT2D eigenvalue weighted by molar-refractivity contribution is 5.72. The summed E-state index contributed by atoms with van der Waals surface area (Å²) >= 11 is 0. The van der Waals surface area contributed by atoms with Crippen molar-refractivity contribution in [3.8, 4) is 0 Å². The fourth-order valence-electron chi connectivity index (χ4n) is 2.08. The molecule has 1 unspecified atom stereocenters. The second-order valence-corrected chi connectivity index (χ2v) is 4.48. The second-order valence-electron chi connectivity index (χ2n) is 4.48. The summed E-state index contributed by atoms with van der Waals surface area (Å²) in [7, 11) is 0. The van der Waals surface area contributed by atoms with Crippen LogP contribution in [0.5, 0.6) is 0 Å². The zero-order chi connectivity index (χ0) is 12.3. The SMILES string of the molecule is CCOC(=O)C1CC/C=C\CC/C=C\CCC1. The summed E-state index contributed by atoms with van der Waals surface area (Å²) in [4.78, 5) is 11.8. The zero-order valence-electron chi connectivity index (χ0n) is 10.9. The number of esters is 1. The van der Waals surface area contributed by atoms with Crippen molar-refractivity contribution in [2.45, 2.75) is 51.9 Å². The molecule has 0 saturated heterocycles. The quantitative estimate of drug-likeness (QED) is 0.534. The topological polar surface area (TPSA) is 26.3 Å². The van der Waals surface area contributed by atoms with Gasteiger partial charge in [-0.25, -0.2) is 0 Å². The number of hydrogen-bond acceptors (Lipinski definition) is 2. The van der Waals surface area contributed by atoms with Gasteiger partial charge in [-0.2, -0.15) is 0 Å². The summed E-state index contributed by atoms with van der Waals surface area (Å²) in [6.45, 7) is 2.36. The van der Waals surface area contributed by atoms with Gasteiger partial charge in [0.25, 0.3) is 0 Å². The van der Waals surface area contributed by atoms with Crippen LogP contribution in [0.2, 0.25) is 0 Å². The first-order chi connectivity index (χ1) is 8.34. The van der Waals surface area contributed by atoms with Gasteiger partial charge in [0.15, 0.2) is 0 Å². The standard InChI is InChI=1S/C15H24O2/c1-2-17-15(16)14-12-10-8-6-4-3-5-7-9-11-13-14/h4,6-7,9,14H,2-3,5,8,10-13H2,1H3/b6-4-,9-7-. The highest BCUT2D eigenvalue weighted by Crippen LogP contribution is 2.18. The van der Waals surface area contributed by atoms with E-state index < -0.39 is 0 Å². The van der Waals surface area contributed by atoms with Gasteiger partial charge < -0.3 is 4.74 Å². The van der Waals surface area contributed by atoms with Crippen LogP contribution in [0.1, 0.15) is 51.9 Å². The summed E-state index contributed by atoms with van der Waals surface area (Å²) in [6, 6.07) is 0. The molecule has 0 heterocycles. The molecule has 0 saturated carbocycles. The number of allylic oxidation sites excluding steroid dienone is 4. The molecule has 0 aliphatic heterocycles. The van der Waals surface area contributed by atoms with E-state index in [0.29, 0.717) is 6.61 Å². The highest BCUT2D eigenvalue weighted by Gasteiger charge is 2.18. The Balaban J connectivity index is 2.47. The molecule has 17 heavy (non-hydrogen) atoms. The maximum Gasteiger partial charge on any atom is 0.308 e. The van der Waals surface area contributed by atoms with Crippen molar-refractivity contribution in [1.29, 1.82) is 0 Å². The zero-order valence-corrected chi connectivity index (χ0v) is 10.9. The molecule has 96 valence electrons. The summed E-state index contributed by atoms with van der Waals surface area (Å²) in [5.41, 5.74) is 0. The van der Waals surface area contributed by atoms with Crippen molar-refractivity contribution in [1.82, 2.24) is 0 Å². The number of carbonyl (C=O) groups is 1. The van der Waals surface area contributed by atoms with Crippen molar-refractivity contribution in [3.63, 3.8) is 0 Å². The van der Waals surface area contributed by atoms with Crippen molar-refractivity contribution >= 4 is 5.97 Å². The minimum Gasteiger partial charge on any atom is -0.466 e. The molecule has 0 aromatic heterocycles. The normalized spacial score (nSPS) is 26.3. The first-order valence-corrected chi connectivity index (χ1v) is 6.81. The van der Waals surface area contributed by atoms with E-state index in [1.807, 2.05) is 6.92 Å². The van der Waals surface area contributed by atoms with E-state index >= 15 is 0 Å². The van der Waals surface area contributed by atoms with Crippen LogP contribution in [0.3, 0.4) is 0 Å². The van der Waals surface area contributed by atoms with Gasteiger partial charge in [-0.05, 0) is 51.9 Å². The second kappa shape index (κ2) is 9.03. The fraction of sp³-hybridized carbons (Fsp3) is 0.667. The molecular formula is C15H24O2. The van der Waals surface area contributed by atoms with Crippen LogP contribution in [0.25, 0.3) is 0 Å². The van der Waals surface area contributed by atoms with E-state index in [1.54, 1.807) is 0 Å². The summed E-state index contributed by atoms with van der Waals surface area (Å²) in [5, 5.41) is 0. The van der Waals surface area contributed by atoms with Crippen molar-refractivity contribution < 1.29 is 9.53 Å². The van der Waals surface area contributed by atoms with Crippen LogP contribution in [0.15, 0.2) is 24.3 Å².